The maximum Gasteiger partial charge on any atom is 0.334 e. The minimum Gasteiger partial charge on any atom is -0.493 e. The number of methoxy groups -OCH3 is 1. The molecular weight excluding hydrogens is 344 g/mol. The van der Waals surface area contributed by atoms with Gasteiger partial charge in [0.1, 0.15) is 6.04 Å². The summed E-state index contributed by atoms with van der Waals surface area (Å²) in [7, 11) is 1.51. The monoisotopic (exact) mass is 368 g/mol. The summed E-state index contributed by atoms with van der Waals surface area (Å²) < 4.78 is 10.8. The summed E-state index contributed by atoms with van der Waals surface area (Å²) in [6.45, 7) is 5.64. The number of benzene rings is 1. The molecule has 0 saturated carbocycles. The third-order valence-corrected chi connectivity index (χ3v) is 3.91. The van der Waals surface area contributed by atoms with Crippen LogP contribution in [0, 0.1) is 0 Å². The molecule has 0 fully saturated rings. The van der Waals surface area contributed by atoms with Gasteiger partial charge in [0.25, 0.3) is 5.91 Å². The minimum absolute atomic E-state index is 0.312. The van der Waals surface area contributed by atoms with Crippen molar-refractivity contribution in [1.29, 1.82) is 0 Å². The molecule has 1 amide bonds. The smallest absolute Gasteiger partial charge is 0.334 e. The van der Waals surface area contributed by atoms with Gasteiger partial charge in [-0.1, -0.05) is 25.5 Å². The minimum atomic E-state index is -0.764. The number of carbonyl (C=O) groups excluding carboxylic acids is 2. The van der Waals surface area contributed by atoms with Gasteiger partial charge in [-0.15, -0.1) is 6.58 Å². The average molecular weight is 368 g/mol. The maximum absolute atomic E-state index is 12.6. The van der Waals surface area contributed by atoms with Gasteiger partial charge in [0.2, 0.25) is 0 Å². The van der Waals surface area contributed by atoms with Gasteiger partial charge in [-0.3, -0.25) is 9.78 Å². The second-order valence-electron chi connectivity index (χ2n) is 5.96. The van der Waals surface area contributed by atoms with Crippen molar-refractivity contribution in [1.82, 2.24) is 10.3 Å². The van der Waals surface area contributed by atoms with Crippen LogP contribution in [-0.2, 0) is 11.2 Å². The van der Waals surface area contributed by atoms with E-state index in [0.29, 0.717) is 36.3 Å². The fraction of sp³-hybridized carbons (Fsp3) is 0.286. The Morgan fingerprint density at radius 1 is 1.30 bits per heavy atom. The number of hydrogen-bond acceptors (Lipinski definition) is 5. The van der Waals surface area contributed by atoms with Crippen LogP contribution in [0.5, 0.6) is 11.5 Å². The van der Waals surface area contributed by atoms with Crippen molar-refractivity contribution in [2.45, 2.75) is 32.2 Å². The highest BCUT2D eigenvalue weighted by molar-refractivity contribution is 5.96. The molecule has 1 heterocycles. The highest BCUT2D eigenvalue weighted by Crippen LogP contribution is 2.29. The lowest BCUT2D eigenvalue weighted by atomic mass is 10.1. The van der Waals surface area contributed by atoms with Gasteiger partial charge in [0.05, 0.1) is 12.7 Å². The number of aromatic nitrogens is 1. The number of nitrogens with zero attached hydrogens (tertiary/aromatic N) is 1. The number of allylic oxidation sites excluding steroid dienone is 1. The standard InChI is InChI=1S/C21H24N2O4/c1-4-7-15-10-11-18(19(13-15)26-3)27-21(25)17(8-5-2)23-20(24)16-9-6-12-22-14-16/h4,6,9-14,17H,1,5,7-8H2,2-3H3,(H,23,24). The first kappa shape index (κ1) is 20.2. The number of esters is 1. The average Bonchev–Trinajstić information content (AvgIpc) is 2.69. The quantitative estimate of drug-likeness (QED) is 0.417. The van der Waals surface area contributed by atoms with Gasteiger partial charge in [-0.25, -0.2) is 4.79 Å². The van der Waals surface area contributed by atoms with Gasteiger partial charge >= 0.3 is 5.97 Å². The van der Waals surface area contributed by atoms with Crippen LogP contribution in [0.1, 0.15) is 35.7 Å². The molecule has 1 unspecified atom stereocenters. The van der Waals surface area contributed by atoms with Crippen molar-refractivity contribution in [3.63, 3.8) is 0 Å². The summed E-state index contributed by atoms with van der Waals surface area (Å²) >= 11 is 0. The van der Waals surface area contributed by atoms with E-state index in [-0.39, 0.29) is 5.91 Å². The van der Waals surface area contributed by atoms with Crippen LogP contribution in [-0.4, -0.2) is 30.0 Å². The van der Waals surface area contributed by atoms with Gasteiger partial charge in [-0.05, 0) is 42.7 Å². The van der Waals surface area contributed by atoms with Crippen LogP contribution >= 0.6 is 0 Å². The van der Waals surface area contributed by atoms with E-state index in [0.717, 1.165) is 5.56 Å². The molecule has 0 aliphatic carbocycles. The van der Waals surface area contributed by atoms with Gasteiger partial charge in [0, 0.05) is 12.4 Å². The lowest BCUT2D eigenvalue weighted by Crippen LogP contribution is -2.43. The molecule has 142 valence electrons. The number of hydrogen-bond donors (Lipinski definition) is 1. The van der Waals surface area contributed by atoms with Crippen molar-refractivity contribution >= 4 is 11.9 Å². The van der Waals surface area contributed by atoms with Crippen LogP contribution in [0.15, 0.2) is 55.4 Å². The van der Waals surface area contributed by atoms with Crippen molar-refractivity contribution in [2.24, 2.45) is 0 Å². The highest BCUT2D eigenvalue weighted by Gasteiger charge is 2.24. The lowest BCUT2D eigenvalue weighted by molar-refractivity contribution is -0.136. The third kappa shape index (κ3) is 5.67. The van der Waals surface area contributed by atoms with Crippen LogP contribution < -0.4 is 14.8 Å². The van der Waals surface area contributed by atoms with Gasteiger partial charge in [0.15, 0.2) is 11.5 Å². The molecule has 0 spiro atoms. The molecular formula is C21H24N2O4. The first-order chi connectivity index (χ1) is 13.1. The third-order valence-electron chi connectivity index (χ3n) is 3.91. The largest absolute Gasteiger partial charge is 0.493 e. The fourth-order valence-corrected chi connectivity index (χ4v) is 2.55. The van der Waals surface area contributed by atoms with Crippen molar-refractivity contribution < 1.29 is 19.1 Å². The first-order valence-electron chi connectivity index (χ1n) is 8.79. The molecule has 0 aliphatic heterocycles. The number of rotatable bonds is 9. The Hall–Kier alpha value is -3.15. The van der Waals surface area contributed by atoms with E-state index in [1.54, 1.807) is 36.5 Å². The zero-order valence-corrected chi connectivity index (χ0v) is 15.6. The van der Waals surface area contributed by atoms with E-state index < -0.39 is 12.0 Å². The fourth-order valence-electron chi connectivity index (χ4n) is 2.55. The lowest BCUT2D eigenvalue weighted by Gasteiger charge is -2.18. The topological polar surface area (TPSA) is 77.5 Å². The van der Waals surface area contributed by atoms with Crippen molar-refractivity contribution in [3.05, 3.63) is 66.5 Å². The summed E-state index contributed by atoms with van der Waals surface area (Å²) in [5, 5.41) is 2.72. The van der Waals surface area contributed by atoms with E-state index in [9.17, 15) is 9.59 Å². The summed E-state index contributed by atoms with van der Waals surface area (Å²) in [6.07, 6.45) is 6.67. The summed E-state index contributed by atoms with van der Waals surface area (Å²) in [5.74, 6) is -0.140. The molecule has 2 rings (SSSR count). The van der Waals surface area contributed by atoms with E-state index in [4.69, 9.17) is 9.47 Å². The van der Waals surface area contributed by atoms with E-state index in [2.05, 4.69) is 16.9 Å². The molecule has 0 radical (unpaired) electrons. The molecule has 0 saturated heterocycles. The van der Waals surface area contributed by atoms with Gasteiger partial charge in [-0.2, -0.15) is 0 Å². The number of ether oxygens (including phenoxy) is 2. The first-order valence-corrected chi connectivity index (χ1v) is 8.79. The molecule has 27 heavy (non-hydrogen) atoms. The molecule has 1 atom stereocenters. The Bertz CT molecular complexity index is 790. The van der Waals surface area contributed by atoms with Crippen LogP contribution in [0.2, 0.25) is 0 Å². The molecule has 1 N–H and O–H groups in total. The van der Waals surface area contributed by atoms with Crippen molar-refractivity contribution in [3.8, 4) is 11.5 Å². The number of nitrogens with one attached hydrogen (secondary N) is 1. The number of pyridine rings is 1. The SMILES string of the molecule is C=CCc1ccc(OC(=O)C(CCC)NC(=O)c2cccnc2)c(OC)c1. The Labute approximate surface area is 159 Å². The zero-order chi connectivity index (χ0) is 19.6. The molecule has 6 heteroatoms. The Kier molecular flexibility index (Phi) is 7.55. The maximum atomic E-state index is 12.6. The van der Waals surface area contributed by atoms with Crippen LogP contribution in [0.25, 0.3) is 0 Å². The van der Waals surface area contributed by atoms with E-state index in [1.807, 2.05) is 13.0 Å². The Morgan fingerprint density at radius 2 is 2.11 bits per heavy atom. The molecule has 1 aromatic carbocycles. The Balaban J connectivity index is 2.12. The summed E-state index contributed by atoms with van der Waals surface area (Å²) in [5.41, 5.74) is 1.38. The normalized spacial score (nSPS) is 11.3. The van der Waals surface area contributed by atoms with Crippen molar-refractivity contribution in [2.75, 3.05) is 7.11 Å². The van der Waals surface area contributed by atoms with Gasteiger partial charge < -0.3 is 14.8 Å². The zero-order valence-electron chi connectivity index (χ0n) is 15.6. The number of carbonyl (C=O) groups is 2. The highest BCUT2D eigenvalue weighted by atomic mass is 16.6. The van der Waals surface area contributed by atoms with Crippen LogP contribution in [0.4, 0.5) is 0 Å². The summed E-state index contributed by atoms with van der Waals surface area (Å²) in [4.78, 5) is 28.9. The van der Waals surface area contributed by atoms with E-state index in [1.165, 1.54) is 13.3 Å². The summed E-state index contributed by atoms with van der Waals surface area (Å²) in [6, 6.07) is 7.86. The second-order valence-corrected chi connectivity index (χ2v) is 5.96. The molecule has 2 aromatic rings. The molecule has 1 aromatic heterocycles. The predicted octanol–water partition coefficient (Wildman–Crippen LogP) is 3.32. The molecule has 0 bridgehead atoms. The molecule has 0 aliphatic rings. The predicted molar refractivity (Wildman–Crippen MR) is 103 cm³/mol. The van der Waals surface area contributed by atoms with E-state index >= 15 is 0 Å². The van der Waals surface area contributed by atoms with Crippen LogP contribution in [0.3, 0.4) is 0 Å². The Morgan fingerprint density at radius 3 is 2.74 bits per heavy atom. The molecule has 6 nitrogen and oxygen atoms in total. The second kappa shape index (κ2) is 10.1. The number of amides is 1.